The highest BCUT2D eigenvalue weighted by Crippen LogP contribution is 2.41. The van der Waals surface area contributed by atoms with Crippen LogP contribution in [0.1, 0.15) is 0 Å². The molecule has 0 amide bonds. The van der Waals surface area contributed by atoms with Crippen molar-refractivity contribution in [1.82, 2.24) is 0 Å². The summed E-state index contributed by atoms with van der Waals surface area (Å²) < 4.78 is 11.6. The monoisotopic (exact) mass is 480 g/mol. The van der Waals surface area contributed by atoms with Gasteiger partial charge in [0.1, 0.15) is 11.5 Å². The van der Waals surface area contributed by atoms with Crippen molar-refractivity contribution in [2.45, 2.75) is 0 Å². The minimum Gasteiger partial charge on any atom is -0.496 e. The van der Waals surface area contributed by atoms with E-state index >= 15 is 0 Å². The van der Waals surface area contributed by atoms with Crippen LogP contribution < -0.4 is 19.3 Å². The SMILES string of the molecule is COc1cc(N2CSCCSC2)ccc1-c1ccc(N2CSCCSC2)cc1OC. The lowest BCUT2D eigenvalue weighted by atomic mass is 10.0. The molecule has 30 heavy (non-hydrogen) atoms. The normalized spacial score (nSPS) is 17.9. The van der Waals surface area contributed by atoms with Crippen LogP contribution in [0, 0.1) is 0 Å². The number of hydrogen-bond donors (Lipinski definition) is 0. The molecule has 2 saturated heterocycles. The first-order chi connectivity index (χ1) is 14.8. The van der Waals surface area contributed by atoms with E-state index in [9.17, 15) is 0 Å². The van der Waals surface area contributed by atoms with Crippen LogP contribution in [0.4, 0.5) is 11.4 Å². The second kappa shape index (κ2) is 11.1. The number of hydrogen-bond acceptors (Lipinski definition) is 8. The molecule has 4 rings (SSSR count). The van der Waals surface area contributed by atoms with Gasteiger partial charge in [0.2, 0.25) is 0 Å². The third-order valence-corrected chi connectivity index (χ3v) is 9.59. The van der Waals surface area contributed by atoms with E-state index in [1.807, 2.05) is 47.0 Å². The smallest absolute Gasteiger partial charge is 0.128 e. The van der Waals surface area contributed by atoms with Crippen molar-refractivity contribution >= 4 is 58.4 Å². The van der Waals surface area contributed by atoms with Gasteiger partial charge in [-0.1, -0.05) is 0 Å². The molecule has 2 aromatic rings. The summed E-state index contributed by atoms with van der Waals surface area (Å²) in [6.45, 7) is 0. The van der Waals surface area contributed by atoms with Crippen LogP contribution in [0.15, 0.2) is 36.4 Å². The van der Waals surface area contributed by atoms with Gasteiger partial charge in [-0.05, 0) is 24.3 Å². The Morgan fingerprint density at radius 2 is 0.967 bits per heavy atom. The summed E-state index contributed by atoms with van der Waals surface area (Å²) in [7, 11) is 3.50. The van der Waals surface area contributed by atoms with Crippen LogP contribution in [-0.2, 0) is 0 Å². The topological polar surface area (TPSA) is 24.9 Å². The van der Waals surface area contributed by atoms with Crippen LogP contribution in [0.3, 0.4) is 0 Å². The van der Waals surface area contributed by atoms with E-state index in [0.29, 0.717) is 0 Å². The molecule has 8 heteroatoms. The molecule has 0 unspecified atom stereocenters. The maximum Gasteiger partial charge on any atom is 0.128 e. The fourth-order valence-corrected chi connectivity index (χ4v) is 7.98. The van der Waals surface area contributed by atoms with E-state index in [1.165, 1.54) is 34.4 Å². The lowest BCUT2D eigenvalue weighted by molar-refractivity contribution is 0.410. The maximum absolute atomic E-state index is 5.81. The Morgan fingerprint density at radius 1 is 0.600 bits per heavy atom. The lowest BCUT2D eigenvalue weighted by Crippen LogP contribution is -2.21. The van der Waals surface area contributed by atoms with Gasteiger partial charge in [-0.15, -0.1) is 47.0 Å². The molecule has 4 nitrogen and oxygen atoms in total. The highest BCUT2D eigenvalue weighted by Gasteiger charge is 2.18. The minimum atomic E-state index is 0.888. The molecule has 2 aliphatic rings. The summed E-state index contributed by atoms with van der Waals surface area (Å²) in [5, 5.41) is 0. The van der Waals surface area contributed by atoms with Gasteiger partial charge in [0, 0.05) is 57.6 Å². The van der Waals surface area contributed by atoms with E-state index in [4.69, 9.17) is 9.47 Å². The fourth-order valence-electron chi connectivity index (χ4n) is 3.51. The number of rotatable bonds is 5. The summed E-state index contributed by atoms with van der Waals surface area (Å²) in [6, 6.07) is 13.1. The minimum absolute atomic E-state index is 0.888. The summed E-state index contributed by atoms with van der Waals surface area (Å²) in [5.41, 5.74) is 4.57. The van der Waals surface area contributed by atoms with Gasteiger partial charge in [-0.25, -0.2) is 0 Å². The summed E-state index contributed by atoms with van der Waals surface area (Å²) in [4.78, 5) is 4.84. The zero-order valence-corrected chi connectivity index (χ0v) is 20.7. The highest BCUT2D eigenvalue weighted by atomic mass is 32.2. The van der Waals surface area contributed by atoms with E-state index in [1.54, 1.807) is 14.2 Å². The Balaban J connectivity index is 1.63. The number of thioether (sulfide) groups is 4. The molecule has 0 aliphatic carbocycles. The Hall–Kier alpha value is -0.960. The molecule has 0 aromatic heterocycles. The Morgan fingerprint density at radius 3 is 1.30 bits per heavy atom. The van der Waals surface area contributed by atoms with Gasteiger partial charge in [-0.3, -0.25) is 0 Å². The van der Waals surface area contributed by atoms with Gasteiger partial charge in [0.25, 0.3) is 0 Å². The molecule has 0 atom stereocenters. The molecule has 2 aliphatic heterocycles. The third-order valence-electron chi connectivity index (χ3n) is 5.12. The molecule has 2 fully saturated rings. The number of nitrogens with zero attached hydrogens (tertiary/aromatic N) is 2. The van der Waals surface area contributed by atoms with Crippen molar-refractivity contribution in [3.8, 4) is 22.6 Å². The predicted molar refractivity (Wildman–Crippen MR) is 139 cm³/mol. The van der Waals surface area contributed by atoms with E-state index in [-0.39, 0.29) is 0 Å². The second-order valence-corrected chi connectivity index (χ2v) is 11.3. The fraction of sp³-hybridized carbons (Fsp3) is 0.455. The largest absolute Gasteiger partial charge is 0.496 e. The Labute approximate surface area is 196 Å². The lowest BCUT2D eigenvalue weighted by Gasteiger charge is -2.24. The first-order valence-corrected chi connectivity index (χ1v) is 14.6. The van der Waals surface area contributed by atoms with Crippen LogP contribution in [0.25, 0.3) is 11.1 Å². The average Bonchev–Trinajstić information content (AvgIpc) is 3.24. The molecule has 0 spiro atoms. The highest BCUT2D eigenvalue weighted by molar-refractivity contribution is 8.04. The van der Waals surface area contributed by atoms with Gasteiger partial charge in [-0.2, -0.15) is 0 Å². The van der Waals surface area contributed by atoms with Crippen LogP contribution in [-0.4, -0.2) is 60.7 Å². The molecule has 0 saturated carbocycles. The number of anilines is 2. The predicted octanol–water partition coefficient (Wildman–Crippen LogP) is 5.77. The Kier molecular flexibility index (Phi) is 8.21. The van der Waals surface area contributed by atoms with Crippen molar-refractivity contribution < 1.29 is 9.47 Å². The van der Waals surface area contributed by atoms with Crippen molar-refractivity contribution in [3.05, 3.63) is 36.4 Å². The molecule has 162 valence electrons. The zero-order chi connectivity index (χ0) is 20.8. The third kappa shape index (κ3) is 5.26. The van der Waals surface area contributed by atoms with Gasteiger partial charge in [0.15, 0.2) is 0 Å². The second-order valence-electron chi connectivity index (χ2n) is 7.00. The van der Waals surface area contributed by atoms with E-state index < -0.39 is 0 Å². The quantitative estimate of drug-likeness (QED) is 0.532. The average molecular weight is 481 g/mol. The summed E-state index contributed by atoms with van der Waals surface area (Å²) in [5.74, 6) is 10.7. The maximum atomic E-state index is 5.81. The standard InChI is InChI=1S/C22H28N2O2S4/c1-25-21-11-17(23-13-27-7-8-28-14-23)3-5-19(21)20-6-4-18(12-22(20)26-2)24-15-29-9-10-30-16-24/h3-6,11-12H,7-10,13-16H2,1-2H3. The number of methoxy groups -OCH3 is 2. The van der Waals surface area contributed by atoms with Crippen molar-refractivity contribution in [2.24, 2.45) is 0 Å². The van der Waals surface area contributed by atoms with E-state index in [0.717, 1.165) is 46.1 Å². The van der Waals surface area contributed by atoms with Crippen LogP contribution in [0.2, 0.25) is 0 Å². The van der Waals surface area contributed by atoms with E-state index in [2.05, 4.69) is 46.2 Å². The zero-order valence-electron chi connectivity index (χ0n) is 17.5. The molecule has 2 heterocycles. The summed E-state index contributed by atoms with van der Waals surface area (Å²) >= 11 is 7.97. The first-order valence-electron chi connectivity index (χ1n) is 9.97. The van der Waals surface area contributed by atoms with Crippen molar-refractivity contribution in [2.75, 3.05) is 70.5 Å². The van der Waals surface area contributed by atoms with Crippen LogP contribution in [0.5, 0.6) is 11.5 Å². The van der Waals surface area contributed by atoms with Gasteiger partial charge < -0.3 is 19.3 Å². The first kappa shape index (κ1) is 22.2. The van der Waals surface area contributed by atoms with Gasteiger partial charge >= 0.3 is 0 Å². The van der Waals surface area contributed by atoms with Crippen molar-refractivity contribution in [3.63, 3.8) is 0 Å². The summed E-state index contributed by atoms with van der Waals surface area (Å²) in [6.07, 6.45) is 0. The molecule has 0 bridgehead atoms. The molecular formula is C22H28N2O2S4. The molecule has 0 radical (unpaired) electrons. The molecule has 0 N–H and O–H groups in total. The molecule has 2 aromatic carbocycles. The molecular weight excluding hydrogens is 453 g/mol. The van der Waals surface area contributed by atoms with Gasteiger partial charge in [0.05, 0.1) is 37.7 Å². The van der Waals surface area contributed by atoms with Crippen LogP contribution >= 0.6 is 47.0 Å². The van der Waals surface area contributed by atoms with Crippen molar-refractivity contribution in [1.29, 1.82) is 0 Å². The number of benzene rings is 2. The Bertz CT molecular complexity index is 766. The number of ether oxygens (including phenoxy) is 2.